The highest BCUT2D eigenvalue weighted by Gasteiger charge is 2.20. The van der Waals surface area contributed by atoms with Crippen LogP contribution in [0.25, 0.3) is 16.8 Å². The van der Waals surface area contributed by atoms with Gasteiger partial charge in [0.25, 0.3) is 0 Å². The number of halogens is 1. The number of Topliss-reactive ketones (excluding diaryl/α,β-unsaturated/α-hetero) is 1. The van der Waals surface area contributed by atoms with Crippen LogP contribution in [-0.4, -0.2) is 11.1 Å². The molecule has 16 heavy (non-hydrogen) atoms. The molecule has 1 aliphatic carbocycles. The summed E-state index contributed by atoms with van der Waals surface area (Å²) >= 11 is 3.36. The van der Waals surface area contributed by atoms with Gasteiger partial charge in [0, 0.05) is 21.9 Å². The van der Waals surface area contributed by atoms with Gasteiger partial charge in [-0.15, -0.1) is 0 Å². The molecule has 0 fully saturated rings. The van der Waals surface area contributed by atoms with Crippen molar-refractivity contribution in [1.29, 1.82) is 0 Å². The fourth-order valence-corrected chi connectivity index (χ4v) is 2.62. The van der Waals surface area contributed by atoms with E-state index in [2.05, 4.69) is 22.0 Å². The van der Waals surface area contributed by atoms with Crippen molar-refractivity contribution in [2.24, 2.45) is 0 Å². The summed E-state index contributed by atoms with van der Waals surface area (Å²) in [5.41, 5.74) is 2.79. The van der Waals surface area contributed by atoms with Crippen molar-refractivity contribution in [1.82, 2.24) is 0 Å². The van der Waals surface area contributed by atoms with Crippen LogP contribution in [0.3, 0.4) is 0 Å². The lowest BCUT2D eigenvalue weighted by molar-refractivity contribution is 0.103. The van der Waals surface area contributed by atoms with E-state index in [4.69, 9.17) is 0 Å². The largest absolute Gasteiger partial charge is 0.289 e. The van der Waals surface area contributed by atoms with Gasteiger partial charge in [0.2, 0.25) is 0 Å². The predicted molar refractivity (Wildman–Crippen MR) is 70.0 cm³/mol. The van der Waals surface area contributed by atoms with Gasteiger partial charge < -0.3 is 0 Å². The molecule has 0 N–H and O–H groups in total. The van der Waals surface area contributed by atoms with Crippen LogP contribution in [0, 0.1) is 0 Å². The Labute approximate surface area is 102 Å². The molecular formula is C14H9BrO. The second kappa shape index (κ2) is 3.56. The van der Waals surface area contributed by atoms with Gasteiger partial charge in [0.15, 0.2) is 5.78 Å². The number of allylic oxidation sites excluding steroid dienone is 1. The number of carbonyl (C=O) groups excluding carboxylic acids is 1. The van der Waals surface area contributed by atoms with Gasteiger partial charge in [-0.1, -0.05) is 52.3 Å². The molecule has 78 valence electrons. The summed E-state index contributed by atoms with van der Waals surface area (Å²) in [5, 5.41) is 2.82. The predicted octanol–water partition coefficient (Wildman–Crippen LogP) is 3.81. The third kappa shape index (κ3) is 1.26. The van der Waals surface area contributed by atoms with E-state index in [-0.39, 0.29) is 5.78 Å². The van der Waals surface area contributed by atoms with E-state index < -0.39 is 0 Å². The molecule has 2 aromatic rings. The lowest BCUT2D eigenvalue weighted by Gasteiger charge is -2.15. The zero-order chi connectivity index (χ0) is 11.1. The highest BCUT2D eigenvalue weighted by atomic mass is 79.9. The monoisotopic (exact) mass is 272 g/mol. The molecule has 1 aliphatic rings. The van der Waals surface area contributed by atoms with Crippen LogP contribution >= 0.6 is 15.9 Å². The normalized spacial score (nSPS) is 14.1. The maximum atomic E-state index is 12.1. The summed E-state index contributed by atoms with van der Waals surface area (Å²) in [4.78, 5) is 12.1. The van der Waals surface area contributed by atoms with Gasteiger partial charge in [-0.2, -0.15) is 0 Å². The number of alkyl halides is 1. The highest BCUT2D eigenvalue weighted by Crippen LogP contribution is 2.31. The first-order valence-electron chi connectivity index (χ1n) is 5.14. The van der Waals surface area contributed by atoms with E-state index in [1.165, 1.54) is 0 Å². The van der Waals surface area contributed by atoms with Crippen molar-refractivity contribution in [3.05, 3.63) is 53.1 Å². The Kier molecular flexibility index (Phi) is 2.18. The summed E-state index contributed by atoms with van der Waals surface area (Å²) < 4.78 is 0. The minimum atomic E-state index is 0.140. The second-order valence-corrected chi connectivity index (χ2v) is 4.44. The first-order valence-corrected chi connectivity index (χ1v) is 6.26. The molecular weight excluding hydrogens is 264 g/mol. The zero-order valence-electron chi connectivity index (χ0n) is 8.53. The maximum absolute atomic E-state index is 12.1. The standard InChI is InChI=1S/C14H9BrO/c15-8-11-7-10-5-1-3-9-4-2-6-12(13(9)10)14(11)16/h1-7H,8H2. The summed E-state index contributed by atoms with van der Waals surface area (Å²) in [6.45, 7) is 0. The molecule has 0 heterocycles. The third-order valence-electron chi connectivity index (χ3n) is 2.95. The van der Waals surface area contributed by atoms with Crippen LogP contribution in [-0.2, 0) is 0 Å². The third-order valence-corrected chi connectivity index (χ3v) is 3.55. The molecule has 0 saturated heterocycles. The number of carbonyl (C=O) groups is 1. The van der Waals surface area contributed by atoms with Crippen LogP contribution in [0.5, 0.6) is 0 Å². The lowest BCUT2D eigenvalue weighted by Crippen LogP contribution is -2.09. The molecule has 0 aromatic heterocycles. The number of hydrogen-bond donors (Lipinski definition) is 0. The van der Waals surface area contributed by atoms with Gasteiger partial charge in [-0.05, 0) is 17.0 Å². The Balaban J connectivity index is 2.45. The van der Waals surface area contributed by atoms with Gasteiger partial charge in [0.05, 0.1) is 0 Å². The molecule has 0 bridgehead atoms. The minimum Gasteiger partial charge on any atom is -0.289 e. The lowest BCUT2D eigenvalue weighted by atomic mass is 9.89. The smallest absolute Gasteiger partial charge is 0.190 e. The molecule has 0 atom stereocenters. The minimum absolute atomic E-state index is 0.140. The van der Waals surface area contributed by atoms with E-state index >= 15 is 0 Å². The van der Waals surface area contributed by atoms with Crippen molar-refractivity contribution in [3.63, 3.8) is 0 Å². The van der Waals surface area contributed by atoms with Gasteiger partial charge >= 0.3 is 0 Å². The Bertz CT molecular complexity index is 620. The molecule has 0 aliphatic heterocycles. The van der Waals surface area contributed by atoms with Crippen molar-refractivity contribution < 1.29 is 4.79 Å². The Morgan fingerprint density at radius 2 is 1.81 bits per heavy atom. The SMILES string of the molecule is O=C1C(CBr)=Cc2cccc3cccc1c23. The van der Waals surface area contributed by atoms with Crippen molar-refractivity contribution in [2.45, 2.75) is 0 Å². The van der Waals surface area contributed by atoms with E-state index in [0.29, 0.717) is 5.33 Å². The summed E-state index contributed by atoms with van der Waals surface area (Å²) in [6.07, 6.45) is 1.98. The molecule has 2 heteroatoms. The van der Waals surface area contributed by atoms with Crippen LogP contribution in [0.15, 0.2) is 42.0 Å². The second-order valence-electron chi connectivity index (χ2n) is 3.88. The average molecular weight is 273 g/mol. The first kappa shape index (κ1) is 9.79. The van der Waals surface area contributed by atoms with Crippen LogP contribution in [0.2, 0.25) is 0 Å². The van der Waals surface area contributed by atoms with Gasteiger partial charge in [0.1, 0.15) is 0 Å². The van der Waals surface area contributed by atoms with E-state index in [9.17, 15) is 4.79 Å². The number of hydrogen-bond acceptors (Lipinski definition) is 1. The van der Waals surface area contributed by atoms with E-state index in [1.54, 1.807) is 0 Å². The van der Waals surface area contributed by atoms with Crippen molar-refractivity contribution in [2.75, 3.05) is 5.33 Å². The molecule has 1 nitrogen and oxygen atoms in total. The number of ketones is 1. The van der Waals surface area contributed by atoms with Crippen LogP contribution < -0.4 is 0 Å². The molecule has 3 rings (SSSR count). The molecule has 0 saturated carbocycles. The molecule has 0 unspecified atom stereocenters. The molecule has 2 aromatic carbocycles. The number of benzene rings is 2. The fraction of sp³-hybridized carbons (Fsp3) is 0.0714. The Morgan fingerprint density at radius 3 is 2.56 bits per heavy atom. The molecule has 0 amide bonds. The fourth-order valence-electron chi connectivity index (χ4n) is 2.21. The van der Waals surface area contributed by atoms with Crippen LogP contribution in [0.1, 0.15) is 15.9 Å². The van der Waals surface area contributed by atoms with E-state index in [1.807, 2.05) is 36.4 Å². The van der Waals surface area contributed by atoms with Crippen molar-refractivity contribution >= 4 is 38.6 Å². The first-order chi connectivity index (χ1) is 7.81. The highest BCUT2D eigenvalue weighted by molar-refractivity contribution is 9.09. The Morgan fingerprint density at radius 1 is 1.06 bits per heavy atom. The van der Waals surface area contributed by atoms with Gasteiger partial charge in [-0.3, -0.25) is 4.79 Å². The molecule has 0 radical (unpaired) electrons. The topological polar surface area (TPSA) is 17.1 Å². The maximum Gasteiger partial charge on any atom is 0.190 e. The summed E-state index contributed by atoms with van der Waals surface area (Å²) in [7, 11) is 0. The average Bonchev–Trinajstić information content (AvgIpc) is 2.33. The van der Waals surface area contributed by atoms with Crippen LogP contribution in [0.4, 0.5) is 0 Å². The Hall–Kier alpha value is -1.41. The summed E-state index contributed by atoms with van der Waals surface area (Å²) in [5.74, 6) is 0.140. The zero-order valence-corrected chi connectivity index (χ0v) is 10.1. The van der Waals surface area contributed by atoms with E-state index in [0.717, 1.165) is 27.5 Å². The molecule has 0 spiro atoms. The number of rotatable bonds is 1. The summed E-state index contributed by atoms with van der Waals surface area (Å²) in [6, 6.07) is 12.0. The van der Waals surface area contributed by atoms with Crippen molar-refractivity contribution in [3.8, 4) is 0 Å². The quantitative estimate of drug-likeness (QED) is 0.722. The van der Waals surface area contributed by atoms with Gasteiger partial charge in [-0.25, -0.2) is 0 Å².